The maximum absolute atomic E-state index is 12.5. The summed E-state index contributed by atoms with van der Waals surface area (Å²) in [5.74, 6) is 0.00586. The third-order valence-corrected chi connectivity index (χ3v) is 4.16. The molecule has 0 saturated carbocycles. The number of hydrogen-bond donors (Lipinski definition) is 0. The van der Waals surface area contributed by atoms with E-state index in [1.165, 1.54) is 6.08 Å². The number of pyridine rings is 1. The van der Waals surface area contributed by atoms with Crippen LogP contribution in [0, 0.1) is 24.2 Å². The van der Waals surface area contributed by atoms with Crippen LogP contribution in [0.5, 0.6) is 5.88 Å². The highest BCUT2D eigenvalue weighted by Gasteiger charge is 2.17. The average Bonchev–Trinajstić information content (AvgIpc) is 3.05. The normalized spacial score (nSPS) is 11.5. The largest absolute Gasteiger partial charge is 0.476 e. The molecule has 0 aliphatic rings. The number of nitriles is 1. The van der Waals surface area contributed by atoms with E-state index >= 15 is 0 Å². The van der Waals surface area contributed by atoms with Crippen molar-refractivity contribution in [3.8, 4) is 11.9 Å². The van der Waals surface area contributed by atoms with Crippen molar-refractivity contribution in [2.75, 3.05) is 6.61 Å². The van der Waals surface area contributed by atoms with Crippen molar-refractivity contribution in [3.05, 3.63) is 71.1 Å². The Balaban J connectivity index is 1.92. The Kier molecular flexibility index (Phi) is 6.30. The molecule has 1 aromatic carbocycles. The molecule has 29 heavy (non-hydrogen) atoms. The van der Waals surface area contributed by atoms with E-state index in [2.05, 4.69) is 4.98 Å². The maximum atomic E-state index is 12.5. The average molecular weight is 389 g/mol. The number of ether oxygens (including phenoxy) is 2. The number of fused-ring (bicyclic) bond motifs is 1. The van der Waals surface area contributed by atoms with Gasteiger partial charge in [-0.2, -0.15) is 10.2 Å². The van der Waals surface area contributed by atoms with Gasteiger partial charge in [0.2, 0.25) is 5.88 Å². The molecule has 0 amide bonds. The highest BCUT2D eigenvalue weighted by Crippen LogP contribution is 2.24. The zero-order valence-electron chi connectivity index (χ0n) is 16.8. The number of carbonyl (C=O) groups is 1. The van der Waals surface area contributed by atoms with Gasteiger partial charge in [0.15, 0.2) is 0 Å². The minimum absolute atomic E-state index is 0.0989. The third kappa shape index (κ3) is 5.02. The molecule has 0 aliphatic carbocycles. The molecule has 0 N–H and O–H groups in total. The third-order valence-electron chi connectivity index (χ3n) is 4.16. The van der Waals surface area contributed by atoms with Gasteiger partial charge in [0.05, 0.1) is 6.61 Å². The fraction of sp³-hybridized carbons (Fsp3) is 0.261. The maximum Gasteiger partial charge on any atom is 0.349 e. The second kappa shape index (κ2) is 9.07. The second-order valence-corrected chi connectivity index (χ2v) is 7.17. The van der Waals surface area contributed by atoms with Crippen LogP contribution in [0.1, 0.15) is 30.7 Å². The Labute approximate surface area is 170 Å². The number of esters is 1. The predicted molar refractivity (Wildman–Crippen MR) is 110 cm³/mol. The highest BCUT2D eigenvalue weighted by molar-refractivity contribution is 5.98. The van der Waals surface area contributed by atoms with Crippen molar-refractivity contribution in [1.29, 1.82) is 5.26 Å². The number of aryl methyl sites for hydroxylation is 1. The highest BCUT2D eigenvalue weighted by atomic mass is 16.5. The summed E-state index contributed by atoms with van der Waals surface area (Å²) < 4.78 is 13.0. The van der Waals surface area contributed by atoms with E-state index in [1.807, 2.05) is 79.9 Å². The molecule has 0 radical (unpaired) electrons. The van der Waals surface area contributed by atoms with Crippen molar-refractivity contribution in [2.24, 2.45) is 5.92 Å². The fourth-order valence-corrected chi connectivity index (χ4v) is 2.71. The lowest BCUT2D eigenvalue weighted by Crippen LogP contribution is -2.08. The summed E-state index contributed by atoms with van der Waals surface area (Å²) in [5, 5.41) is 9.54. The van der Waals surface area contributed by atoms with Gasteiger partial charge in [0.25, 0.3) is 0 Å². The van der Waals surface area contributed by atoms with Crippen LogP contribution in [0.4, 0.5) is 0 Å². The van der Waals surface area contributed by atoms with E-state index in [9.17, 15) is 10.1 Å². The molecule has 0 atom stereocenters. The van der Waals surface area contributed by atoms with Gasteiger partial charge in [-0.05, 0) is 36.1 Å². The van der Waals surface area contributed by atoms with E-state index in [0.717, 1.165) is 11.1 Å². The van der Waals surface area contributed by atoms with Crippen molar-refractivity contribution in [1.82, 2.24) is 9.38 Å². The lowest BCUT2D eigenvalue weighted by Gasteiger charge is -2.08. The molecule has 0 unspecified atom stereocenters. The van der Waals surface area contributed by atoms with Crippen LogP contribution in [-0.2, 0) is 16.1 Å². The van der Waals surface area contributed by atoms with Gasteiger partial charge in [0.1, 0.15) is 29.6 Å². The Hall–Kier alpha value is -3.59. The van der Waals surface area contributed by atoms with Crippen molar-refractivity contribution < 1.29 is 14.3 Å². The van der Waals surface area contributed by atoms with Gasteiger partial charge in [-0.1, -0.05) is 50.2 Å². The summed E-state index contributed by atoms with van der Waals surface area (Å²) in [6.45, 7) is 6.61. The quantitative estimate of drug-likeness (QED) is 0.341. The molecule has 6 heteroatoms. The molecule has 3 rings (SSSR count). The summed E-state index contributed by atoms with van der Waals surface area (Å²) >= 11 is 0. The molecule has 0 fully saturated rings. The molecular formula is C23H23N3O3. The summed E-state index contributed by atoms with van der Waals surface area (Å²) in [5.41, 5.74) is 2.97. The monoisotopic (exact) mass is 389 g/mol. The second-order valence-electron chi connectivity index (χ2n) is 7.17. The first-order valence-electron chi connectivity index (χ1n) is 9.42. The first-order valence-corrected chi connectivity index (χ1v) is 9.42. The summed E-state index contributed by atoms with van der Waals surface area (Å²) in [7, 11) is 0. The summed E-state index contributed by atoms with van der Waals surface area (Å²) in [6.07, 6.45) is 3.36. The topological polar surface area (TPSA) is 76.6 Å². The first-order chi connectivity index (χ1) is 14.0. The van der Waals surface area contributed by atoms with E-state index in [1.54, 1.807) is 0 Å². The van der Waals surface area contributed by atoms with Crippen LogP contribution >= 0.6 is 0 Å². The summed E-state index contributed by atoms with van der Waals surface area (Å²) in [6, 6.07) is 15.1. The van der Waals surface area contributed by atoms with Crippen LogP contribution < -0.4 is 4.74 Å². The van der Waals surface area contributed by atoms with E-state index in [-0.39, 0.29) is 12.2 Å². The zero-order valence-corrected chi connectivity index (χ0v) is 16.8. The number of hydrogen-bond acceptors (Lipinski definition) is 5. The Morgan fingerprint density at radius 2 is 2.00 bits per heavy atom. The van der Waals surface area contributed by atoms with Crippen LogP contribution in [0.3, 0.4) is 0 Å². The Bertz CT molecular complexity index is 1080. The van der Waals surface area contributed by atoms with Gasteiger partial charge in [-0.3, -0.25) is 4.40 Å². The van der Waals surface area contributed by atoms with Crippen LogP contribution in [0.15, 0.2) is 54.2 Å². The molecule has 0 saturated heterocycles. The van der Waals surface area contributed by atoms with Crippen LogP contribution in [0.25, 0.3) is 11.7 Å². The number of carbonyl (C=O) groups excluding carboxylic acids is 1. The lowest BCUT2D eigenvalue weighted by atomic mass is 10.2. The summed E-state index contributed by atoms with van der Waals surface area (Å²) in [4.78, 5) is 17.0. The zero-order chi connectivity index (χ0) is 20.8. The van der Waals surface area contributed by atoms with Crippen molar-refractivity contribution in [2.45, 2.75) is 27.4 Å². The standard InChI is InChI=1S/C23H23N3O3/c1-16(2)14-28-22-20(26-13-17(3)9-10-21(26)25-22)11-19(12-24)23(27)29-15-18-7-5-4-6-8-18/h4-11,13,16H,14-15H2,1-3H3. The predicted octanol–water partition coefficient (Wildman–Crippen LogP) is 4.33. The minimum atomic E-state index is -0.686. The smallest absolute Gasteiger partial charge is 0.349 e. The molecule has 148 valence electrons. The molecule has 2 aromatic heterocycles. The van der Waals surface area contributed by atoms with Crippen molar-refractivity contribution in [3.63, 3.8) is 0 Å². The molecule has 6 nitrogen and oxygen atoms in total. The lowest BCUT2D eigenvalue weighted by molar-refractivity contribution is -0.139. The minimum Gasteiger partial charge on any atom is -0.476 e. The van der Waals surface area contributed by atoms with Gasteiger partial charge >= 0.3 is 5.97 Å². The van der Waals surface area contributed by atoms with Gasteiger partial charge in [-0.15, -0.1) is 0 Å². The number of nitrogens with zero attached hydrogens (tertiary/aromatic N) is 3. The number of rotatable bonds is 7. The van der Waals surface area contributed by atoms with Gasteiger partial charge in [0, 0.05) is 6.20 Å². The van der Waals surface area contributed by atoms with Crippen LogP contribution in [-0.4, -0.2) is 22.0 Å². The van der Waals surface area contributed by atoms with E-state index in [0.29, 0.717) is 29.7 Å². The fourth-order valence-electron chi connectivity index (χ4n) is 2.71. The van der Waals surface area contributed by atoms with Crippen molar-refractivity contribution >= 4 is 17.7 Å². The molecule has 0 spiro atoms. The first kappa shape index (κ1) is 20.2. The van der Waals surface area contributed by atoms with E-state index < -0.39 is 5.97 Å². The molecule has 0 bridgehead atoms. The SMILES string of the molecule is Cc1ccc2nc(OCC(C)C)c(C=C(C#N)C(=O)OCc3ccccc3)n2c1. The van der Waals surface area contributed by atoms with Gasteiger partial charge in [-0.25, -0.2) is 4.79 Å². The number of benzene rings is 1. The number of imidazole rings is 1. The van der Waals surface area contributed by atoms with Crippen LogP contribution in [0.2, 0.25) is 0 Å². The Morgan fingerprint density at radius 3 is 2.69 bits per heavy atom. The Morgan fingerprint density at radius 1 is 1.24 bits per heavy atom. The molecule has 2 heterocycles. The molecular weight excluding hydrogens is 366 g/mol. The van der Waals surface area contributed by atoms with E-state index in [4.69, 9.17) is 9.47 Å². The molecule has 0 aliphatic heterocycles. The number of aromatic nitrogens is 2. The molecule has 3 aromatic rings. The van der Waals surface area contributed by atoms with Gasteiger partial charge < -0.3 is 9.47 Å².